The largest absolute Gasteiger partial charge is 0.493 e. The lowest BCUT2D eigenvalue weighted by atomic mass is 10.2. The van der Waals surface area contributed by atoms with Crippen molar-refractivity contribution in [3.05, 3.63) is 39.2 Å². The predicted octanol–water partition coefficient (Wildman–Crippen LogP) is 3.73. The molecule has 0 aliphatic rings. The lowest BCUT2D eigenvalue weighted by Gasteiger charge is -2.08. The molecular weight excluding hydrogens is 214 g/mol. The molecule has 0 atom stereocenters. The molecule has 0 bridgehead atoms. The lowest BCUT2D eigenvalue weighted by Crippen LogP contribution is -2.00. The summed E-state index contributed by atoms with van der Waals surface area (Å²) in [4.78, 5) is 2.66. The molecule has 0 unspecified atom stereocenters. The minimum Gasteiger partial charge on any atom is -0.493 e. The Labute approximate surface area is 93.4 Å². The Morgan fingerprint density at radius 3 is 3.00 bits per heavy atom. The van der Waals surface area contributed by atoms with E-state index in [1.807, 2.05) is 19.1 Å². The smallest absolute Gasteiger partial charge is 0.122 e. The van der Waals surface area contributed by atoms with Crippen LogP contribution in [0.4, 0.5) is 0 Å². The molecule has 1 rings (SSSR count). The first-order chi connectivity index (χ1) is 7.24. The molecule has 0 aromatic heterocycles. The van der Waals surface area contributed by atoms with Crippen LogP contribution in [0.25, 0.3) is 10.4 Å². The molecule has 4 nitrogen and oxygen atoms in total. The number of aryl methyl sites for hydroxylation is 1. The van der Waals surface area contributed by atoms with Crippen molar-refractivity contribution in [2.75, 3.05) is 13.2 Å². The Bertz CT molecular complexity index is 375. The van der Waals surface area contributed by atoms with E-state index in [9.17, 15) is 0 Å². The van der Waals surface area contributed by atoms with E-state index in [1.165, 1.54) is 0 Å². The molecule has 0 heterocycles. The Balaban J connectivity index is 2.40. The second-order valence-electron chi connectivity index (χ2n) is 3.07. The maximum atomic E-state index is 8.06. The van der Waals surface area contributed by atoms with Gasteiger partial charge in [-0.15, -0.1) is 0 Å². The van der Waals surface area contributed by atoms with Crippen LogP contribution in [0.1, 0.15) is 12.0 Å². The van der Waals surface area contributed by atoms with Crippen LogP contribution in [0.5, 0.6) is 5.75 Å². The van der Waals surface area contributed by atoms with Crippen LogP contribution >= 0.6 is 11.6 Å². The average Bonchev–Trinajstić information content (AvgIpc) is 2.20. The van der Waals surface area contributed by atoms with Gasteiger partial charge in [0.1, 0.15) is 5.75 Å². The quantitative estimate of drug-likeness (QED) is 0.326. The third-order valence-electron chi connectivity index (χ3n) is 1.86. The Morgan fingerprint density at radius 1 is 1.53 bits per heavy atom. The van der Waals surface area contributed by atoms with Crippen LogP contribution in [0.15, 0.2) is 23.3 Å². The maximum Gasteiger partial charge on any atom is 0.122 e. The SMILES string of the molecule is Cc1cc(Cl)ccc1OCCCN=[N+]=[N-]. The summed E-state index contributed by atoms with van der Waals surface area (Å²) in [5, 5.41) is 4.12. The summed E-state index contributed by atoms with van der Waals surface area (Å²) in [6, 6.07) is 5.48. The van der Waals surface area contributed by atoms with Gasteiger partial charge in [0, 0.05) is 16.5 Å². The minimum atomic E-state index is 0.461. The molecule has 80 valence electrons. The van der Waals surface area contributed by atoms with Gasteiger partial charge in [-0.3, -0.25) is 0 Å². The van der Waals surface area contributed by atoms with E-state index in [4.69, 9.17) is 21.9 Å². The maximum absolute atomic E-state index is 8.06. The van der Waals surface area contributed by atoms with Crippen molar-refractivity contribution in [1.29, 1.82) is 0 Å². The van der Waals surface area contributed by atoms with Crippen LogP contribution < -0.4 is 4.74 Å². The van der Waals surface area contributed by atoms with Crippen LogP contribution in [-0.4, -0.2) is 13.2 Å². The van der Waals surface area contributed by atoms with E-state index in [2.05, 4.69) is 10.0 Å². The van der Waals surface area contributed by atoms with Gasteiger partial charge in [0.25, 0.3) is 0 Å². The van der Waals surface area contributed by atoms with Gasteiger partial charge in [0.2, 0.25) is 0 Å². The monoisotopic (exact) mass is 225 g/mol. The van der Waals surface area contributed by atoms with E-state index in [0.717, 1.165) is 11.3 Å². The van der Waals surface area contributed by atoms with Gasteiger partial charge in [-0.2, -0.15) is 0 Å². The first kappa shape index (κ1) is 11.7. The number of rotatable bonds is 5. The third kappa shape index (κ3) is 4.11. The summed E-state index contributed by atoms with van der Waals surface area (Å²) < 4.78 is 5.50. The summed E-state index contributed by atoms with van der Waals surface area (Å²) in [7, 11) is 0. The number of azide groups is 1. The van der Waals surface area contributed by atoms with Crippen molar-refractivity contribution < 1.29 is 4.74 Å². The molecule has 5 heteroatoms. The first-order valence-corrected chi connectivity index (χ1v) is 5.01. The van der Waals surface area contributed by atoms with Crippen molar-refractivity contribution in [2.45, 2.75) is 13.3 Å². The Kier molecular flexibility index (Phi) is 4.81. The highest BCUT2D eigenvalue weighted by atomic mass is 35.5. The Morgan fingerprint density at radius 2 is 2.33 bits per heavy atom. The van der Waals surface area contributed by atoms with Gasteiger partial charge in [0.05, 0.1) is 6.61 Å². The number of hydrogen-bond donors (Lipinski definition) is 0. The van der Waals surface area contributed by atoms with Gasteiger partial charge >= 0.3 is 0 Å². The van der Waals surface area contributed by atoms with Crippen LogP contribution in [-0.2, 0) is 0 Å². The molecule has 15 heavy (non-hydrogen) atoms. The predicted molar refractivity (Wildman–Crippen MR) is 60.3 cm³/mol. The summed E-state index contributed by atoms with van der Waals surface area (Å²) in [6.45, 7) is 2.94. The number of hydrogen-bond acceptors (Lipinski definition) is 2. The van der Waals surface area contributed by atoms with Crippen molar-refractivity contribution >= 4 is 11.6 Å². The Hall–Kier alpha value is -1.38. The van der Waals surface area contributed by atoms with Crippen molar-refractivity contribution in [1.82, 2.24) is 0 Å². The van der Waals surface area contributed by atoms with E-state index in [-0.39, 0.29) is 0 Å². The zero-order valence-electron chi connectivity index (χ0n) is 8.48. The van der Waals surface area contributed by atoms with Gasteiger partial charge in [-0.1, -0.05) is 16.7 Å². The van der Waals surface area contributed by atoms with Crippen molar-refractivity contribution in [3.63, 3.8) is 0 Å². The fraction of sp³-hybridized carbons (Fsp3) is 0.400. The van der Waals surface area contributed by atoms with Crippen molar-refractivity contribution in [3.8, 4) is 5.75 Å². The lowest BCUT2D eigenvalue weighted by molar-refractivity contribution is 0.311. The average molecular weight is 226 g/mol. The van der Waals surface area contributed by atoms with E-state index in [1.54, 1.807) is 6.07 Å². The van der Waals surface area contributed by atoms with E-state index in [0.29, 0.717) is 24.6 Å². The van der Waals surface area contributed by atoms with Crippen LogP contribution in [0.2, 0.25) is 5.02 Å². The van der Waals surface area contributed by atoms with Gasteiger partial charge in [0.15, 0.2) is 0 Å². The molecule has 0 saturated heterocycles. The molecule has 0 saturated carbocycles. The standard InChI is InChI=1S/C10H12ClN3O/c1-8-7-9(11)3-4-10(8)15-6-2-5-13-14-12/h3-4,7H,2,5-6H2,1H3. The van der Waals surface area contributed by atoms with E-state index < -0.39 is 0 Å². The number of halogens is 1. The second-order valence-corrected chi connectivity index (χ2v) is 3.50. The fourth-order valence-corrected chi connectivity index (χ4v) is 1.36. The second kappa shape index (κ2) is 6.17. The van der Waals surface area contributed by atoms with Crippen LogP contribution in [0.3, 0.4) is 0 Å². The highest BCUT2D eigenvalue weighted by molar-refractivity contribution is 6.30. The molecule has 0 radical (unpaired) electrons. The summed E-state index contributed by atoms with van der Waals surface area (Å²) in [5.74, 6) is 0.820. The van der Waals surface area contributed by atoms with Gasteiger partial charge in [-0.25, -0.2) is 0 Å². The highest BCUT2D eigenvalue weighted by Crippen LogP contribution is 2.21. The van der Waals surface area contributed by atoms with Gasteiger partial charge in [-0.05, 0) is 42.6 Å². The zero-order valence-corrected chi connectivity index (χ0v) is 9.24. The summed E-state index contributed by atoms with van der Waals surface area (Å²) in [5.41, 5.74) is 9.07. The zero-order chi connectivity index (χ0) is 11.1. The van der Waals surface area contributed by atoms with E-state index >= 15 is 0 Å². The molecule has 0 N–H and O–H groups in total. The summed E-state index contributed by atoms with van der Waals surface area (Å²) in [6.07, 6.45) is 0.714. The number of benzene rings is 1. The topological polar surface area (TPSA) is 58.0 Å². The highest BCUT2D eigenvalue weighted by Gasteiger charge is 1.99. The molecule has 0 fully saturated rings. The molecule has 0 amide bonds. The fourth-order valence-electron chi connectivity index (χ4n) is 1.14. The first-order valence-electron chi connectivity index (χ1n) is 4.64. The van der Waals surface area contributed by atoms with Crippen molar-refractivity contribution in [2.24, 2.45) is 5.11 Å². The molecule has 0 aliphatic carbocycles. The molecular formula is C10H12ClN3O. The molecule has 0 aliphatic heterocycles. The number of nitrogens with zero attached hydrogens (tertiary/aromatic N) is 3. The minimum absolute atomic E-state index is 0.461. The molecule has 1 aromatic carbocycles. The molecule has 1 aromatic rings. The van der Waals surface area contributed by atoms with Crippen LogP contribution in [0, 0.1) is 6.92 Å². The third-order valence-corrected chi connectivity index (χ3v) is 2.10. The molecule has 0 spiro atoms. The van der Waals surface area contributed by atoms with Gasteiger partial charge < -0.3 is 4.74 Å². The normalized spacial score (nSPS) is 9.47. The summed E-state index contributed by atoms with van der Waals surface area (Å²) >= 11 is 5.81. The number of ether oxygens (including phenoxy) is 1.